The number of ketones is 1. The first-order valence-electron chi connectivity index (χ1n) is 14.3. The first kappa shape index (κ1) is 25.8. The van der Waals surface area contributed by atoms with Gasteiger partial charge in [0.15, 0.2) is 11.6 Å². The standard InChI is InChI=1S/C29H43BrO6/c1-15-6-11-29(34-14-15)16(2)23-21(36-29)12-20-22-19(8-9-26(20,23)4)27(5)10-7-18(35-17(3)31)13-28(27,33)25(32)24(22)30/h15-16,18-24,33H,6-14H2,1-5H3/t15-,16-,18+,19+,20+,21-,22-,23+,24-,26+,27+,28-,29+/m0/s1. The number of aliphatic hydroxyl groups is 1. The van der Waals surface area contributed by atoms with Gasteiger partial charge in [-0.25, -0.2) is 0 Å². The maximum atomic E-state index is 14.0. The Balaban J connectivity index is 1.30. The first-order valence-corrected chi connectivity index (χ1v) is 15.2. The van der Waals surface area contributed by atoms with Crippen LogP contribution in [-0.4, -0.2) is 51.9 Å². The number of rotatable bonds is 1. The van der Waals surface area contributed by atoms with Crippen LogP contribution in [0, 0.1) is 46.3 Å². The zero-order valence-corrected chi connectivity index (χ0v) is 24.0. The van der Waals surface area contributed by atoms with Crippen LogP contribution in [0.5, 0.6) is 0 Å². The van der Waals surface area contributed by atoms with Crippen LogP contribution in [0.25, 0.3) is 0 Å². The lowest BCUT2D eigenvalue weighted by molar-refractivity contribution is -0.273. The average Bonchev–Trinajstić information content (AvgIpc) is 3.26. The van der Waals surface area contributed by atoms with Gasteiger partial charge in [-0.15, -0.1) is 0 Å². The van der Waals surface area contributed by atoms with E-state index >= 15 is 0 Å². The number of hydrogen-bond donors (Lipinski definition) is 1. The van der Waals surface area contributed by atoms with Crippen LogP contribution in [0.2, 0.25) is 0 Å². The van der Waals surface area contributed by atoms with E-state index in [0.29, 0.717) is 36.5 Å². The lowest BCUT2D eigenvalue weighted by atomic mass is 9.42. The van der Waals surface area contributed by atoms with E-state index in [9.17, 15) is 14.7 Å². The van der Waals surface area contributed by atoms with Crippen LogP contribution in [0.15, 0.2) is 0 Å². The number of hydrogen-bond acceptors (Lipinski definition) is 6. The molecular weight excluding hydrogens is 524 g/mol. The van der Waals surface area contributed by atoms with Gasteiger partial charge in [0.25, 0.3) is 0 Å². The molecule has 6 fully saturated rings. The second-order valence-electron chi connectivity index (χ2n) is 13.8. The molecule has 36 heavy (non-hydrogen) atoms. The highest BCUT2D eigenvalue weighted by molar-refractivity contribution is 9.10. The molecule has 4 aliphatic carbocycles. The fourth-order valence-electron chi connectivity index (χ4n) is 10.3. The third-order valence-electron chi connectivity index (χ3n) is 12.2. The molecule has 4 saturated carbocycles. The number of carbonyl (C=O) groups is 2. The van der Waals surface area contributed by atoms with E-state index < -0.39 is 27.7 Å². The minimum atomic E-state index is -1.47. The van der Waals surface area contributed by atoms with Gasteiger partial charge in [-0.05, 0) is 73.5 Å². The van der Waals surface area contributed by atoms with Crippen molar-refractivity contribution in [2.45, 2.75) is 114 Å². The summed E-state index contributed by atoms with van der Waals surface area (Å²) in [6, 6.07) is 0. The first-order chi connectivity index (χ1) is 16.9. The van der Waals surface area contributed by atoms with Crippen molar-refractivity contribution in [3.63, 3.8) is 0 Å². The Morgan fingerprint density at radius 2 is 1.86 bits per heavy atom. The number of alkyl halides is 1. The predicted octanol–water partition coefficient (Wildman–Crippen LogP) is 5.03. The quantitative estimate of drug-likeness (QED) is 0.354. The summed E-state index contributed by atoms with van der Waals surface area (Å²) >= 11 is 3.84. The minimum absolute atomic E-state index is 0.0915. The SMILES string of the molecule is CC(=O)O[C@@H]1CC[C@]2(C)[C@@H]3CC[C@@]4(C)[C@H]5[C@H](C[C@@H]4[C@H]3[C@H](Br)C(=O)[C@@]2(O)C1)O[C@]1(CC[C@H](C)CO1)[C@H]5C. The molecule has 0 unspecified atom stereocenters. The Kier molecular flexibility index (Phi) is 5.90. The van der Waals surface area contributed by atoms with Gasteiger partial charge in [0.1, 0.15) is 11.7 Å². The molecule has 6 rings (SSSR count). The molecule has 2 heterocycles. The van der Waals surface area contributed by atoms with E-state index in [4.69, 9.17) is 14.2 Å². The van der Waals surface area contributed by atoms with Gasteiger partial charge in [-0.1, -0.05) is 43.6 Å². The fourth-order valence-corrected chi connectivity index (χ4v) is 11.4. The van der Waals surface area contributed by atoms with Crippen LogP contribution in [0.1, 0.15) is 86.0 Å². The molecule has 0 amide bonds. The molecule has 7 heteroatoms. The van der Waals surface area contributed by atoms with Crippen molar-refractivity contribution in [2.75, 3.05) is 6.61 Å². The zero-order chi connectivity index (χ0) is 25.8. The predicted molar refractivity (Wildman–Crippen MR) is 137 cm³/mol. The molecule has 6 aliphatic rings. The Morgan fingerprint density at radius 1 is 1.11 bits per heavy atom. The van der Waals surface area contributed by atoms with Crippen molar-refractivity contribution in [1.82, 2.24) is 0 Å². The fraction of sp³-hybridized carbons (Fsp3) is 0.931. The number of Topliss-reactive ketones (excluding diaryl/α,β-unsaturated/α-hetero) is 1. The van der Waals surface area contributed by atoms with E-state index in [1.165, 1.54) is 6.92 Å². The van der Waals surface area contributed by atoms with Crippen molar-refractivity contribution in [3.05, 3.63) is 0 Å². The van der Waals surface area contributed by atoms with E-state index in [1.54, 1.807) is 0 Å². The van der Waals surface area contributed by atoms with Crippen molar-refractivity contribution in [1.29, 1.82) is 0 Å². The highest BCUT2D eigenvalue weighted by Gasteiger charge is 2.74. The van der Waals surface area contributed by atoms with Crippen LogP contribution in [0.3, 0.4) is 0 Å². The van der Waals surface area contributed by atoms with Crippen LogP contribution < -0.4 is 0 Å². The molecule has 0 aromatic carbocycles. The summed E-state index contributed by atoms with van der Waals surface area (Å²) in [5.74, 6) is 1.24. The lowest BCUT2D eigenvalue weighted by Gasteiger charge is -2.64. The van der Waals surface area contributed by atoms with Crippen LogP contribution in [0.4, 0.5) is 0 Å². The molecule has 1 N–H and O–H groups in total. The molecule has 2 saturated heterocycles. The van der Waals surface area contributed by atoms with Gasteiger partial charge in [0.2, 0.25) is 0 Å². The smallest absolute Gasteiger partial charge is 0.302 e. The van der Waals surface area contributed by atoms with Gasteiger partial charge in [-0.2, -0.15) is 0 Å². The van der Waals surface area contributed by atoms with Gasteiger partial charge >= 0.3 is 5.97 Å². The number of ether oxygens (including phenoxy) is 3. The monoisotopic (exact) mass is 566 g/mol. The normalized spacial score (nSPS) is 58.1. The van der Waals surface area contributed by atoms with Crippen molar-refractivity contribution in [2.24, 2.45) is 46.3 Å². The maximum absolute atomic E-state index is 14.0. The number of carbonyl (C=O) groups excluding carboxylic acids is 2. The zero-order valence-electron chi connectivity index (χ0n) is 22.4. The molecule has 0 aromatic heterocycles. The summed E-state index contributed by atoms with van der Waals surface area (Å²) in [6.07, 6.45) is 6.57. The van der Waals surface area contributed by atoms with E-state index in [2.05, 4.69) is 43.6 Å². The van der Waals surface area contributed by atoms with E-state index in [0.717, 1.165) is 38.7 Å². The molecule has 0 aromatic rings. The van der Waals surface area contributed by atoms with Gasteiger partial charge in [0, 0.05) is 31.1 Å². The Bertz CT molecular complexity index is 946. The molecule has 1 spiro atoms. The molecule has 2 aliphatic heterocycles. The summed E-state index contributed by atoms with van der Waals surface area (Å²) in [5, 5.41) is 12.0. The third-order valence-corrected chi connectivity index (χ3v) is 13.2. The Morgan fingerprint density at radius 3 is 2.53 bits per heavy atom. The second-order valence-corrected chi connectivity index (χ2v) is 14.8. The second kappa shape index (κ2) is 8.25. The van der Waals surface area contributed by atoms with Crippen molar-refractivity contribution in [3.8, 4) is 0 Å². The summed E-state index contributed by atoms with van der Waals surface area (Å²) in [7, 11) is 0. The largest absolute Gasteiger partial charge is 0.462 e. The third kappa shape index (κ3) is 3.24. The van der Waals surface area contributed by atoms with Gasteiger partial charge in [-0.3, -0.25) is 9.59 Å². The van der Waals surface area contributed by atoms with Gasteiger partial charge in [0.05, 0.1) is 17.5 Å². The summed E-state index contributed by atoms with van der Waals surface area (Å²) in [6.45, 7) is 11.4. The number of fused-ring (bicyclic) bond motifs is 7. The van der Waals surface area contributed by atoms with E-state index in [1.807, 2.05) is 0 Å². The molecule has 202 valence electrons. The molecule has 0 bridgehead atoms. The molecule has 6 nitrogen and oxygen atoms in total. The lowest BCUT2D eigenvalue weighted by Crippen LogP contribution is -2.70. The maximum Gasteiger partial charge on any atom is 0.302 e. The average molecular weight is 568 g/mol. The Labute approximate surface area is 223 Å². The summed E-state index contributed by atoms with van der Waals surface area (Å²) in [4.78, 5) is 25.2. The van der Waals surface area contributed by atoms with Crippen molar-refractivity contribution < 1.29 is 28.9 Å². The van der Waals surface area contributed by atoms with Crippen LogP contribution in [-0.2, 0) is 23.8 Å². The van der Waals surface area contributed by atoms with E-state index in [-0.39, 0.29) is 41.5 Å². The number of halogens is 1. The minimum Gasteiger partial charge on any atom is -0.462 e. The highest BCUT2D eigenvalue weighted by atomic mass is 79.9. The molecule has 0 radical (unpaired) electrons. The van der Waals surface area contributed by atoms with Gasteiger partial charge < -0.3 is 19.3 Å². The molecular formula is C29H43BrO6. The highest BCUT2D eigenvalue weighted by Crippen LogP contribution is 2.72. The Hall–Kier alpha value is -0.500. The van der Waals surface area contributed by atoms with Crippen molar-refractivity contribution >= 4 is 27.7 Å². The summed E-state index contributed by atoms with van der Waals surface area (Å²) in [5.41, 5.74) is -1.89. The molecule has 13 atom stereocenters. The number of esters is 1. The summed E-state index contributed by atoms with van der Waals surface area (Å²) < 4.78 is 18.8. The van der Waals surface area contributed by atoms with Crippen LogP contribution >= 0.6 is 15.9 Å². The topological polar surface area (TPSA) is 82.1 Å².